The van der Waals surface area contributed by atoms with Crippen LogP contribution < -0.4 is 5.73 Å². The summed E-state index contributed by atoms with van der Waals surface area (Å²) in [4.78, 5) is 14.1. The van der Waals surface area contributed by atoms with Crippen LogP contribution in [0.15, 0.2) is 0 Å². The van der Waals surface area contributed by atoms with Crippen molar-refractivity contribution in [3.63, 3.8) is 0 Å². The minimum absolute atomic E-state index is 0.0510. The Morgan fingerprint density at radius 3 is 2.15 bits per heavy atom. The first-order valence-corrected chi connectivity index (χ1v) is 8.91. The van der Waals surface area contributed by atoms with E-state index in [0.717, 1.165) is 0 Å². The van der Waals surface area contributed by atoms with Crippen molar-refractivity contribution in [2.75, 3.05) is 38.5 Å². The average molecular weight is 305 g/mol. The van der Waals surface area contributed by atoms with Gasteiger partial charge in [-0.2, -0.15) is 4.31 Å². The second-order valence-electron chi connectivity index (χ2n) is 5.63. The molecule has 1 atom stereocenters. The zero-order chi connectivity index (χ0) is 15.3. The number of hydrogen-bond donors (Lipinski definition) is 1. The first-order valence-electron chi connectivity index (χ1n) is 7.30. The van der Waals surface area contributed by atoms with Crippen molar-refractivity contribution in [3.05, 3.63) is 0 Å². The molecule has 1 amide bonds. The fourth-order valence-corrected chi connectivity index (χ4v) is 3.96. The van der Waals surface area contributed by atoms with E-state index in [1.807, 2.05) is 20.8 Å². The molecule has 0 radical (unpaired) electrons. The highest BCUT2D eigenvalue weighted by Crippen LogP contribution is 2.16. The Bertz CT molecular complexity index is 415. The fourth-order valence-electron chi connectivity index (χ4n) is 2.47. The molecule has 1 unspecified atom stereocenters. The van der Waals surface area contributed by atoms with Crippen molar-refractivity contribution in [2.24, 2.45) is 17.6 Å². The predicted octanol–water partition coefficient (Wildman–Crippen LogP) is 0.101. The maximum atomic E-state index is 12.3. The van der Waals surface area contributed by atoms with E-state index in [2.05, 4.69) is 0 Å². The Morgan fingerprint density at radius 1 is 1.20 bits per heavy atom. The molecule has 0 aromatic heterocycles. The van der Waals surface area contributed by atoms with Gasteiger partial charge in [0.1, 0.15) is 0 Å². The molecule has 7 heteroatoms. The molecule has 0 bridgehead atoms. The van der Waals surface area contributed by atoms with Crippen LogP contribution in [-0.2, 0) is 14.8 Å². The number of piperazine rings is 1. The molecule has 0 spiro atoms. The van der Waals surface area contributed by atoms with Crippen molar-refractivity contribution in [2.45, 2.75) is 27.2 Å². The average Bonchev–Trinajstić information content (AvgIpc) is 2.39. The fraction of sp³-hybridized carbons (Fsp3) is 0.923. The molecule has 1 aliphatic rings. The molecular weight excluding hydrogens is 278 g/mol. The highest BCUT2D eigenvalue weighted by atomic mass is 32.2. The van der Waals surface area contributed by atoms with Crippen molar-refractivity contribution in [1.82, 2.24) is 9.21 Å². The largest absolute Gasteiger partial charge is 0.340 e. The van der Waals surface area contributed by atoms with Crippen molar-refractivity contribution < 1.29 is 13.2 Å². The zero-order valence-electron chi connectivity index (χ0n) is 12.7. The first kappa shape index (κ1) is 17.4. The Hall–Kier alpha value is -0.660. The van der Waals surface area contributed by atoms with E-state index in [1.165, 1.54) is 4.31 Å². The van der Waals surface area contributed by atoms with Crippen LogP contribution in [0, 0.1) is 11.8 Å². The zero-order valence-corrected chi connectivity index (χ0v) is 13.5. The number of amides is 1. The minimum Gasteiger partial charge on any atom is -0.340 e. The van der Waals surface area contributed by atoms with Gasteiger partial charge in [-0.1, -0.05) is 20.8 Å². The summed E-state index contributed by atoms with van der Waals surface area (Å²) >= 11 is 0. The quantitative estimate of drug-likeness (QED) is 0.754. The lowest BCUT2D eigenvalue weighted by Gasteiger charge is -2.36. The normalized spacial score (nSPS) is 19.4. The first-order chi connectivity index (χ1) is 9.33. The van der Waals surface area contributed by atoms with E-state index in [0.29, 0.717) is 39.1 Å². The minimum atomic E-state index is -3.15. The number of carbonyl (C=O) groups excluding carboxylic acids is 1. The molecule has 6 nitrogen and oxygen atoms in total. The summed E-state index contributed by atoms with van der Waals surface area (Å²) in [7, 11) is -3.15. The van der Waals surface area contributed by atoms with E-state index in [-0.39, 0.29) is 23.5 Å². The van der Waals surface area contributed by atoms with E-state index in [9.17, 15) is 13.2 Å². The standard InChI is InChI=1S/C13H27N3O3S/c1-4-9-20(18,19)16-7-5-15(6-8-16)13(17)12(10-14)11(2)3/h11-12H,4-10,14H2,1-3H3. The van der Waals surface area contributed by atoms with Gasteiger partial charge < -0.3 is 10.6 Å². The molecule has 1 aliphatic heterocycles. The summed E-state index contributed by atoms with van der Waals surface area (Å²) in [6.07, 6.45) is 0.615. The van der Waals surface area contributed by atoms with Gasteiger partial charge in [0.25, 0.3) is 0 Å². The second kappa shape index (κ2) is 7.38. The molecule has 1 saturated heterocycles. The number of rotatable bonds is 6. The van der Waals surface area contributed by atoms with Crippen LogP contribution in [0.25, 0.3) is 0 Å². The third kappa shape index (κ3) is 4.17. The van der Waals surface area contributed by atoms with Crippen LogP contribution in [0.4, 0.5) is 0 Å². The Balaban J connectivity index is 2.60. The van der Waals surface area contributed by atoms with Gasteiger partial charge in [0, 0.05) is 32.7 Å². The van der Waals surface area contributed by atoms with Crippen molar-refractivity contribution in [3.8, 4) is 0 Å². The third-order valence-electron chi connectivity index (χ3n) is 3.78. The number of hydrogen-bond acceptors (Lipinski definition) is 4. The lowest BCUT2D eigenvalue weighted by atomic mass is 9.94. The number of nitrogens with zero attached hydrogens (tertiary/aromatic N) is 2. The monoisotopic (exact) mass is 305 g/mol. The van der Waals surface area contributed by atoms with E-state index >= 15 is 0 Å². The second-order valence-corrected chi connectivity index (χ2v) is 7.72. The molecular formula is C13H27N3O3S. The van der Waals surface area contributed by atoms with Gasteiger partial charge in [-0.3, -0.25) is 4.79 Å². The predicted molar refractivity (Wildman–Crippen MR) is 79.6 cm³/mol. The summed E-state index contributed by atoms with van der Waals surface area (Å²) in [5.41, 5.74) is 5.66. The van der Waals surface area contributed by atoms with E-state index in [4.69, 9.17) is 5.73 Å². The molecule has 2 N–H and O–H groups in total. The summed E-state index contributed by atoms with van der Waals surface area (Å²) in [5, 5.41) is 0. The summed E-state index contributed by atoms with van der Waals surface area (Å²) in [6, 6.07) is 0. The summed E-state index contributed by atoms with van der Waals surface area (Å²) in [5.74, 6) is 0.261. The van der Waals surface area contributed by atoms with Gasteiger partial charge >= 0.3 is 0 Å². The van der Waals surface area contributed by atoms with Gasteiger partial charge in [0.2, 0.25) is 15.9 Å². The number of nitrogens with two attached hydrogens (primary N) is 1. The van der Waals surface area contributed by atoms with Gasteiger partial charge in [0.05, 0.1) is 11.7 Å². The number of sulfonamides is 1. The van der Waals surface area contributed by atoms with Gasteiger partial charge in [0.15, 0.2) is 0 Å². The third-order valence-corrected chi connectivity index (χ3v) is 5.86. The highest BCUT2D eigenvalue weighted by molar-refractivity contribution is 7.89. The topological polar surface area (TPSA) is 83.7 Å². The smallest absolute Gasteiger partial charge is 0.227 e. The Morgan fingerprint density at radius 2 is 1.75 bits per heavy atom. The SMILES string of the molecule is CCCS(=O)(=O)N1CCN(C(=O)C(CN)C(C)C)CC1. The molecule has 118 valence electrons. The summed E-state index contributed by atoms with van der Waals surface area (Å²) in [6.45, 7) is 7.87. The molecule has 1 fully saturated rings. The van der Waals surface area contributed by atoms with E-state index in [1.54, 1.807) is 4.90 Å². The molecule has 0 aromatic rings. The van der Waals surface area contributed by atoms with Crippen LogP contribution >= 0.6 is 0 Å². The van der Waals surface area contributed by atoms with Crippen molar-refractivity contribution >= 4 is 15.9 Å². The molecule has 20 heavy (non-hydrogen) atoms. The molecule has 0 saturated carbocycles. The number of carbonyl (C=O) groups is 1. The molecule has 1 rings (SSSR count). The summed E-state index contributed by atoms with van der Waals surface area (Å²) < 4.78 is 25.4. The van der Waals surface area contributed by atoms with Crippen LogP contribution in [0.2, 0.25) is 0 Å². The van der Waals surface area contributed by atoms with Crippen LogP contribution in [0.1, 0.15) is 27.2 Å². The van der Waals surface area contributed by atoms with Gasteiger partial charge in [-0.05, 0) is 12.3 Å². The van der Waals surface area contributed by atoms with Crippen LogP contribution in [0.5, 0.6) is 0 Å². The maximum Gasteiger partial charge on any atom is 0.227 e. The molecule has 0 aromatic carbocycles. The highest BCUT2D eigenvalue weighted by Gasteiger charge is 2.31. The molecule has 0 aliphatic carbocycles. The Kier molecular flexibility index (Phi) is 6.42. The maximum absolute atomic E-state index is 12.3. The van der Waals surface area contributed by atoms with Gasteiger partial charge in [-0.15, -0.1) is 0 Å². The van der Waals surface area contributed by atoms with Crippen LogP contribution in [0.3, 0.4) is 0 Å². The van der Waals surface area contributed by atoms with Gasteiger partial charge in [-0.25, -0.2) is 8.42 Å². The lowest BCUT2D eigenvalue weighted by Crippen LogP contribution is -2.53. The molecule has 1 heterocycles. The van der Waals surface area contributed by atoms with E-state index < -0.39 is 10.0 Å². The van der Waals surface area contributed by atoms with Crippen LogP contribution in [-0.4, -0.2) is 62.0 Å². The lowest BCUT2D eigenvalue weighted by molar-refractivity contribution is -0.137. The van der Waals surface area contributed by atoms with Crippen molar-refractivity contribution in [1.29, 1.82) is 0 Å². The Labute approximate surface area is 122 Å².